The number of benzene rings is 1. The van der Waals surface area contributed by atoms with Gasteiger partial charge in [-0.3, -0.25) is 19.8 Å². The van der Waals surface area contributed by atoms with Gasteiger partial charge in [0, 0.05) is 13.2 Å². The molecule has 1 aromatic carbocycles. The molecule has 5 nitrogen and oxygen atoms in total. The molecule has 0 spiro atoms. The molecule has 0 saturated carbocycles. The van der Waals surface area contributed by atoms with Crippen molar-refractivity contribution in [3.8, 4) is 0 Å². The van der Waals surface area contributed by atoms with E-state index < -0.39 is 5.91 Å². The van der Waals surface area contributed by atoms with Gasteiger partial charge in [0.2, 0.25) is 5.91 Å². The van der Waals surface area contributed by atoms with Crippen molar-refractivity contribution >= 4 is 23.4 Å². The predicted molar refractivity (Wildman–Crippen MR) is 75.6 cm³/mol. The smallest absolute Gasteiger partial charge is 0.259 e. The van der Waals surface area contributed by atoms with Crippen molar-refractivity contribution in [1.82, 2.24) is 10.2 Å². The first-order valence-corrected chi connectivity index (χ1v) is 6.90. The summed E-state index contributed by atoms with van der Waals surface area (Å²) in [4.78, 5) is 25.6. The number of hydrogen-bond acceptors (Lipinski definition) is 4. The van der Waals surface area contributed by atoms with Crippen LogP contribution in [0.15, 0.2) is 24.3 Å². The number of aliphatic hydroxyl groups is 1. The van der Waals surface area contributed by atoms with Gasteiger partial charge in [-0.1, -0.05) is 23.7 Å². The van der Waals surface area contributed by atoms with E-state index in [1.807, 2.05) is 4.90 Å². The Morgan fingerprint density at radius 3 is 2.80 bits per heavy atom. The Morgan fingerprint density at radius 2 is 2.15 bits per heavy atom. The molecule has 2 amide bonds. The van der Waals surface area contributed by atoms with Crippen molar-refractivity contribution in [1.29, 1.82) is 0 Å². The number of nitrogens with zero attached hydrogens (tertiary/aromatic N) is 1. The van der Waals surface area contributed by atoms with Crippen LogP contribution in [0.3, 0.4) is 0 Å². The zero-order chi connectivity index (χ0) is 14.5. The molecule has 108 valence electrons. The van der Waals surface area contributed by atoms with Crippen LogP contribution >= 0.6 is 11.6 Å². The Bertz CT molecular complexity index is 507. The third-order valence-corrected chi connectivity index (χ3v) is 3.70. The summed E-state index contributed by atoms with van der Waals surface area (Å²) in [6, 6.07) is 6.59. The maximum atomic E-state index is 11.9. The van der Waals surface area contributed by atoms with Crippen LogP contribution in [0.25, 0.3) is 0 Å². The van der Waals surface area contributed by atoms with Crippen LogP contribution in [-0.4, -0.2) is 48.1 Å². The number of aliphatic hydroxyl groups excluding tert-OH is 1. The molecule has 6 heteroatoms. The van der Waals surface area contributed by atoms with Crippen LogP contribution in [0.5, 0.6) is 0 Å². The second-order valence-electron chi connectivity index (χ2n) is 4.93. The molecular weight excluding hydrogens is 280 g/mol. The van der Waals surface area contributed by atoms with Gasteiger partial charge in [0.25, 0.3) is 5.91 Å². The van der Waals surface area contributed by atoms with Crippen molar-refractivity contribution in [3.05, 3.63) is 34.9 Å². The molecule has 1 heterocycles. The number of likely N-dealkylation sites (tertiary alicyclic amines) is 1. The number of imide groups is 1. The van der Waals surface area contributed by atoms with Crippen molar-refractivity contribution < 1.29 is 14.7 Å². The molecule has 2 rings (SSSR count). The summed E-state index contributed by atoms with van der Waals surface area (Å²) in [7, 11) is 0. The molecule has 0 bridgehead atoms. The van der Waals surface area contributed by atoms with Crippen LogP contribution in [0, 0.1) is 5.92 Å². The van der Waals surface area contributed by atoms with E-state index in [4.69, 9.17) is 16.7 Å². The van der Waals surface area contributed by atoms with Crippen molar-refractivity contribution in [2.24, 2.45) is 5.92 Å². The van der Waals surface area contributed by atoms with E-state index in [1.54, 1.807) is 24.3 Å². The highest BCUT2D eigenvalue weighted by Gasteiger charge is 2.24. The molecule has 1 atom stereocenters. The number of nitrogens with one attached hydrogen (secondary N) is 1. The largest absolute Gasteiger partial charge is 0.396 e. The molecule has 2 N–H and O–H groups in total. The number of rotatable bonds is 4. The molecule has 0 aliphatic carbocycles. The third kappa shape index (κ3) is 3.79. The van der Waals surface area contributed by atoms with E-state index >= 15 is 0 Å². The fourth-order valence-electron chi connectivity index (χ4n) is 2.29. The second-order valence-corrected chi connectivity index (χ2v) is 5.34. The third-order valence-electron chi connectivity index (χ3n) is 3.37. The van der Waals surface area contributed by atoms with Crippen molar-refractivity contribution in [2.75, 3.05) is 26.2 Å². The Morgan fingerprint density at radius 1 is 1.40 bits per heavy atom. The summed E-state index contributed by atoms with van der Waals surface area (Å²) < 4.78 is 0. The van der Waals surface area contributed by atoms with Gasteiger partial charge in [-0.25, -0.2) is 0 Å². The average Bonchev–Trinajstić information content (AvgIpc) is 2.86. The molecule has 1 fully saturated rings. The SMILES string of the molecule is O=C(CN1CCC(CO)C1)NC(=O)c1ccccc1Cl. The average molecular weight is 297 g/mol. The molecular formula is C14H17ClN2O3. The molecule has 0 aromatic heterocycles. The second kappa shape index (κ2) is 6.83. The van der Waals surface area contributed by atoms with E-state index in [0.717, 1.165) is 13.0 Å². The lowest BCUT2D eigenvalue weighted by atomic mass is 10.1. The Hall–Kier alpha value is -1.43. The minimum absolute atomic E-state index is 0.136. The van der Waals surface area contributed by atoms with Gasteiger partial charge in [-0.15, -0.1) is 0 Å². The lowest BCUT2D eigenvalue weighted by Gasteiger charge is -2.14. The monoisotopic (exact) mass is 296 g/mol. The fourth-order valence-corrected chi connectivity index (χ4v) is 2.51. The van der Waals surface area contributed by atoms with E-state index in [0.29, 0.717) is 11.6 Å². The van der Waals surface area contributed by atoms with Crippen molar-refractivity contribution in [3.63, 3.8) is 0 Å². The quantitative estimate of drug-likeness (QED) is 0.866. The van der Waals surface area contributed by atoms with Gasteiger partial charge in [0.1, 0.15) is 0 Å². The number of carbonyl (C=O) groups is 2. The van der Waals surface area contributed by atoms with Gasteiger partial charge in [0.05, 0.1) is 17.1 Å². The number of amides is 2. The molecule has 0 radical (unpaired) electrons. The highest BCUT2D eigenvalue weighted by molar-refractivity contribution is 6.34. The van der Waals surface area contributed by atoms with E-state index in [2.05, 4.69) is 5.32 Å². The van der Waals surface area contributed by atoms with Crippen LogP contribution in [-0.2, 0) is 4.79 Å². The van der Waals surface area contributed by atoms with Crippen LogP contribution in [0.4, 0.5) is 0 Å². The maximum Gasteiger partial charge on any atom is 0.259 e. The zero-order valence-electron chi connectivity index (χ0n) is 11.0. The molecule has 1 saturated heterocycles. The molecule has 1 aromatic rings. The lowest BCUT2D eigenvalue weighted by molar-refractivity contribution is -0.121. The fraction of sp³-hybridized carbons (Fsp3) is 0.429. The van der Waals surface area contributed by atoms with Crippen LogP contribution < -0.4 is 5.32 Å². The topological polar surface area (TPSA) is 69.6 Å². The molecule has 1 aliphatic heterocycles. The summed E-state index contributed by atoms with van der Waals surface area (Å²) in [5.41, 5.74) is 0.289. The van der Waals surface area contributed by atoms with Gasteiger partial charge in [-0.2, -0.15) is 0 Å². The Kier molecular flexibility index (Phi) is 5.11. The summed E-state index contributed by atoms with van der Waals surface area (Å²) in [6.07, 6.45) is 0.877. The van der Waals surface area contributed by atoms with E-state index in [1.165, 1.54) is 0 Å². The van der Waals surface area contributed by atoms with Crippen LogP contribution in [0.2, 0.25) is 5.02 Å². The highest BCUT2D eigenvalue weighted by Crippen LogP contribution is 2.16. The van der Waals surface area contributed by atoms with Gasteiger partial charge in [-0.05, 0) is 31.0 Å². The van der Waals surface area contributed by atoms with Crippen LogP contribution in [0.1, 0.15) is 16.8 Å². The van der Waals surface area contributed by atoms with Gasteiger partial charge < -0.3 is 5.11 Å². The number of halogens is 1. The Labute approximate surface area is 122 Å². The number of hydrogen-bond donors (Lipinski definition) is 2. The Balaban J connectivity index is 1.86. The maximum absolute atomic E-state index is 11.9. The van der Waals surface area contributed by atoms with E-state index in [9.17, 15) is 9.59 Å². The van der Waals surface area contributed by atoms with Crippen molar-refractivity contribution in [2.45, 2.75) is 6.42 Å². The minimum Gasteiger partial charge on any atom is -0.396 e. The molecule has 20 heavy (non-hydrogen) atoms. The summed E-state index contributed by atoms with van der Waals surface area (Å²) in [6.45, 7) is 1.74. The lowest BCUT2D eigenvalue weighted by Crippen LogP contribution is -2.39. The predicted octanol–water partition coefficient (Wildman–Crippen LogP) is 0.911. The van der Waals surface area contributed by atoms with Gasteiger partial charge >= 0.3 is 0 Å². The summed E-state index contributed by atoms with van der Waals surface area (Å²) in [5, 5.41) is 11.7. The highest BCUT2D eigenvalue weighted by atomic mass is 35.5. The molecule has 1 aliphatic rings. The zero-order valence-corrected chi connectivity index (χ0v) is 11.8. The standard InChI is InChI=1S/C14H17ClN2O3/c15-12-4-2-1-3-11(12)14(20)16-13(19)8-17-6-5-10(7-17)9-18/h1-4,10,18H,5-9H2,(H,16,19,20). The first-order chi connectivity index (χ1) is 9.60. The van der Waals surface area contributed by atoms with Gasteiger partial charge in [0.15, 0.2) is 0 Å². The first-order valence-electron chi connectivity index (χ1n) is 6.52. The first kappa shape index (κ1) is 15.0. The normalized spacial score (nSPS) is 19.0. The summed E-state index contributed by atoms with van der Waals surface area (Å²) >= 11 is 5.90. The minimum atomic E-state index is -0.487. The van der Waals surface area contributed by atoms with E-state index in [-0.39, 0.29) is 30.5 Å². The number of carbonyl (C=O) groups excluding carboxylic acids is 2. The summed E-state index contributed by atoms with van der Waals surface area (Å²) in [5.74, 6) is -0.617. The molecule has 1 unspecified atom stereocenters.